The Morgan fingerprint density at radius 1 is 0.889 bits per heavy atom. The van der Waals surface area contributed by atoms with Crippen molar-refractivity contribution in [2.24, 2.45) is 0 Å². The minimum Gasteiger partial charge on any atom is -0.385 e. The lowest BCUT2D eigenvalue weighted by Crippen LogP contribution is -2.25. The lowest BCUT2D eigenvalue weighted by Gasteiger charge is -2.18. The van der Waals surface area contributed by atoms with Crippen LogP contribution in [-0.4, -0.2) is 57.1 Å². The monoisotopic (exact) mass is 249 g/mol. The van der Waals surface area contributed by atoms with Crippen molar-refractivity contribution in [2.45, 2.75) is 12.8 Å². The summed E-state index contributed by atoms with van der Waals surface area (Å²) >= 11 is 0. The summed E-state index contributed by atoms with van der Waals surface area (Å²) in [5, 5.41) is 3.44. The van der Waals surface area contributed by atoms with Crippen molar-refractivity contribution in [3.05, 3.63) is 30.3 Å². The molecule has 1 N–H and O–H groups in total. The second-order valence-corrected chi connectivity index (χ2v) is 5.11. The maximum Gasteiger partial charge on any atom is 0.0340 e. The molecule has 0 radical (unpaired) electrons. The molecule has 0 aliphatic carbocycles. The van der Waals surface area contributed by atoms with Crippen molar-refractivity contribution in [3.63, 3.8) is 0 Å². The van der Waals surface area contributed by atoms with Crippen molar-refractivity contribution in [2.75, 3.05) is 52.6 Å². The van der Waals surface area contributed by atoms with Crippen LogP contribution in [0.5, 0.6) is 0 Å². The van der Waals surface area contributed by atoms with E-state index in [2.05, 4.69) is 60.5 Å². The Kier molecular flexibility index (Phi) is 7.46. The van der Waals surface area contributed by atoms with E-state index in [1.165, 1.54) is 31.6 Å². The second kappa shape index (κ2) is 8.95. The highest BCUT2D eigenvalue weighted by atomic mass is 15.1. The number of nitrogens with zero attached hydrogens (tertiary/aromatic N) is 2. The summed E-state index contributed by atoms with van der Waals surface area (Å²) in [5.41, 5.74) is 1.22. The third kappa shape index (κ3) is 7.30. The maximum atomic E-state index is 3.44. The predicted octanol–water partition coefficient (Wildman–Crippen LogP) is 2.37. The van der Waals surface area contributed by atoms with Crippen LogP contribution in [-0.2, 0) is 0 Å². The summed E-state index contributed by atoms with van der Waals surface area (Å²) in [6.45, 7) is 4.56. The molecule has 1 aromatic carbocycles. The molecule has 18 heavy (non-hydrogen) atoms. The first-order valence-corrected chi connectivity index (χ1v) is 6.80. The van der Waals surface area contributed by atoms with E-state index in [0.29, 0.717) is 0 Å². The summed E-state index contributed by atoms with van der Waals surface area (Å²) in [6, 6.07) is 10.4. The Morgan fingerprint density at radius 2 is 1.56 bits per heavy atom. The Morgan fingerprint density at radius 3 is 2.22 bits per heavy atom. The van der Waals surface area contributed by atoms with Gasteiger partial charge in [-0.2, -0.15) is 0 Å². The zero-order valence-corrected chi connectivity index (χ0v) is 12.0. The summed E-state index contributed by atoms with van der Waals surface area (Å²) in [6.07, 6.45) is 2.43. The summed E-state index contributed by atoms with van der Waals surface area (Å²) in [7, 11) is 6.46. The van der Waals surface area contributed by atoms with E-state index in [0.717, 1.165) is 13.1 Å². The third-order valence-corrected chi connectivity index (χ3v) is 2.96. The van der Waals surface area contributed by atoms with E-state index >= 15 is 0 Å². The van der Waals surface area contributed by atoms with Gasteiger partial charge >= 0.3 is 0 Å². The lowest BCUT2D eigenvalue weighted by molar-refractivity contribution is 0.299. The van der Waals surface area contributed by atoms with Gasteiger partial charge in [-0.3, -0.25) is 0 Å². The molecule has 3 nitrogen and oxygen atoms in total. The molecule has 0 aromatic heterocycles. The van der Waals surface area contributed by atoms with Gasteiger partial charge < -0.3 is 15.1 Å². The van der Waals surface area contributed by atoms with Crippen LogP contribution >= 0.6 is 0 Å². The zero-order chi connectivity index (χ0) is 13.2. The van der Waals surface area contributed by atoms with E-state index in [9.17, 15) is 0 Å². The first kappa shape index (κ1) is 15.0. The summed E-state index contributed by atoms with van der Waals surface area (Å²) in [5.74, 6) is 0. The van der Waals surface area contributed by atoms with Gasteiger partial charge in [-0.25, -0.2) is 0 Å². The molecule has 1 aromatic rings. The first-order valence-electron chi connectivity index (χ1n) is 6.80. The van der Waals surface area contributed by atoms with Crippen LogP contribution in [0.25, 0.3) is 0 Å². The fourth-order valence-corrected chi connectivity index (χ4v) is 1.91. The van der Waals surface area contributed by atoms with E-state index in [4.69, 9.17) is 0 Å². The molecule has 0 saturated carbocycles. The van der Waals surface area contributed by atoms with Gasteiger partial charge in [0.1, 0.15) is 0 Å². The van der Waals surface area contributed by atoms with Gasteiger partial charge in [0, 0.05) is 12.2 Å². The summed E-state index contributed by atoms with van der Waals surface area (Å²) in [4.78, 5) is 4.65. The molecule has 0 amide bonds. The molecular formula is C15H27N3. The van der Waals surface area contributed by atoms with Crippen LogP contribution < -0.4 is 5.32 Å². The topological polar surface area (TPSA) is 18.5 Å². The number of hydrogen-bond donors (Lipinski definition) is 1. The molecule has 0 spiro atoms. The molecular weight excluding hydrogens is 222 g/mol. The van der Waals surface area contributed by atoms with E-state index in [1.54, 1.807) is 0 Å². The molecule has 102 valence electrons. The molecule has 0 bridgehead atoms. The fourth-order valence-electron chi connectivity index (χ4n) is 1.91. The standard InChI is InChI=1S/C15H27N3/c1-17(2)12-8-14-18(3)13-7-11-16-15-9-5-4-6-10-15/h4-6,9-10,16H,7-8,11-14H2,1-3H3. The highest BCUT2D eigenvalue weighted by molar-refractivity contribution is 5.42. The highest BCUT2D eigenvalue weighted by Gasteiger charge is 1.98. The van der Waals surface area contributed by atoms with E-state index in [1.807, 2.05) is 6.07 Å². The molecule has 0 fully saturated rings. The smallest absolute Gasteiger partial charge is 0.0340 e. The number of nitrogens with one attached hydrogen (secondary N) is 1. The van der Waals surface area contributed by atoms with Gasteiger partial charge in [0.2, 0.25) is 0 Å². The fraction of sp³-hybridized carbons (Fsp3) is 0.600. The molecule has 0 heterocycles. The average molecular weight is 249 g/mol. The van der Waals surface area contributed by atoms with Gasteiger partial charge in [0.25, 0.3) is 0 Å². The van der Waals surface area contributed by atoms with Gasteiger partial charge in [0.05, 0.1) is 0 Å². The Bertz CT molecular complexity index is 298. The van der Waals surface area contributed by atoms with Crippen molar-refractivity contribution in [1.29, 1.82) is 0 Å². The lowest BCUT2D eigenvalue weighted by atomic mass is 10.3. The third-order valence-electron chi connectivity index (χ3n) is 2.96. The van der Waals surface area contributed by atoms with Gasteiger partial charge in [-0.05, 0) is 65.8 Å². The Hall–Kier alpha value is -1.06. The highest BCUT2D eigenvalue weighted by Crippen LogP contribution is 2.04. The van der Waals surface area contributed by atoms with Gasteiger partial charge in [0.15, 0.2) is 0 Å². The number of para-hydroxylation sites is 1. The maximum absolute atomic E-state index is 3.44. The SMILES string of the molecule is CN(C)CCCN(C)CCCNc1ccccc1. The first-order chi connectivity index (χ1) is 8.68. The van der Waals surface area contributed by atoms with Crippen molar-refractivity contribution in [1.82, 2.24) is 9.80 Å². The second-order valence-electron chi connectivity index (χ2n) is 5.11. The average Bonchev–Trinajstić information content (AvgIpc) is 2.35. The van der Waals surface area contributed by atoms with Crippen molar-refractivity contribution >= 4 is 5.69 Å². The minimum atomic E-state index is 1.04. The quantitative estimate of drug-likeness (QED) is 0.678. The van der Waals surface area contributed by atoms with Crippen molar-refractivity contribution in [3.8, 4) is 0 Å². The van der Waals surface area contributed by atoms with Crippen LogP contribution in [0, 0.1) is 0 Å². The number of rotatable bonds is 9. The van der Waals surface area contributed by atoms with Crippen LogP contribution in [0.4, 0.5) is 5.69 Å². The molecule has 0 unspecified atom stereocenters. The largest absolute Gasteiger partial charge is 0.385 e. The molecule has 0 aliphatic rings. The zero-order valence-electron chi connectivity index (χ0n) is 12.0. The molecule has 0 saturated heterocycles. The van der Waals surface area contributed by atoms with E-state index < -0.39 is 0 Å². The Labute approximate surface area is 112 Å². The molecule has 1 rings (SSSR count). The van der Waals surface area contributed by atoms with Crippen LogP contribution in [0.3, 0.4) is 0 Å². The number of hydrogen-bond acceptors (Lipinski definition) is 3. The molecule has 0 atom stereocenters. The van der Waals surface area contributed by atoms with Crippen LogP contribution in [0.15, 0.2) is 30.3 Å². The van der Waals surface area contributed by atoms with Crippen molar-refractivity contribution < 1.29 is 0 Å². The summed E-state index contributed by atoms with van der Waals surface area (Å²) < 4.78 is 0. The molecule has 3 heteroatoms. The van der Waals surface area contributed by atoms with Gasteiger partial charge in [-0.1, -0.05) is 18.2 Å². The molecule has 0 aliphatic heterocycles. The van der Waals surface area contributed by atoms with E-state index in [-0.39, 0.29) is 0 Å². The van der Waals surface area contributed by atoms with Gasteiger partial charge in [-0.15, -0.1) is 0 Å². The predicted molar refractivity (Wildman–Crippen MR) is 80.2 cm³/mol. The Balaban J connectivity index is 2.00. The van der Waals surface area contributed by atoms with Crippen LogP contribution in [0.1, 0.15) is 12.8 Å². The number of anilines is 1. The normalized spacial score (nSPS) is 11.2. The number of benzene rings is 1. The van der Waals surface area contributed by atoms with Crippen LogP contribution in [0.2, 0.25) is 0 Å². The minimum absolute atomic E-state index is 1.04.